The molecule has 9 heteroatoms. The first kappa shape index (κ1) is 14.8. The number of halogens is 3. The molecule has 0 unspecified atom stereocenters. The number of hydrogen-bond donors (Lipinski definition) is 0. The Kier molecular flexibility index (Phi) is 3.73. The number of likely N-dealkylation sites (tertiary alicyclic amines) is 1. The third kappa shape index (κ3) is 3.03. The minimum Gasteiger partial charge on any atom is -0.337 e. The van der Waals surface area contributed by atoms with Gasteiger partial charge in [-0.25, -0.2) is 9.50 Å². The number of ether oxygens (including phenoxy) is 1. The lowest BCUT2D eigenvalue weighted by Crippen LogP contribution is -2.42. The number of nitrogens with zero attached hydrogens (tertiary/aromatic N) is 4. The summed E-state index contributed by atoms with van der Waals surface area (Å²) in [5.74, 6) is -0.295. The largest absolute Gasteiger partial charge is 0.522 e. The second kappa shape index (κ2) is 5.56. The fraction of sp³-hybridized carbons (Fsp3) is 0.462. The van der Waals surface area contributed by atoms with Gasteiger partial charge in [0.1, 0.15) is 0 Å². The number of amides is 1. The fourth-order valence-electron chi connectivity index (χ4n) is 2.50. The molecule has 0 N–H and O–H groups in total. The van der Waals surface area contributed by atoms with E-state index in [4.69, 9.17) is 0 Å². The van der Waals surface area contributed by atoms with Crippen LogP contribution in [0, 0.1) is 0 Å². The Morgan fingerprint density at radius 2 is 2.05 bits per heavy atom. The predicted octanol–water partition coefficient (Wildman–Crippen LogP) is 1.87. The summed E-state index contributed by atoms with van der Waals surface area (Å²) in [6.07, 6.45) is -2.28. The molecule has 0 spiro atoms. The Bertz CT molecular complexity index is 677. The van der Waals surface area contributed by atoms with Crippen molar-refractivity contribution in [2.24, 2.45) is 0 Å². The summed E-state index contributed by atoms with van der Waals surface area (Å²) in [7, 11) is 0. The molecule has 1 fully saturated rings. The van der Waals surface area contributed by atoms with Gasteiger partial charge in [0.25, 0.3) is 5.91 Å². The highest BCUT2D eigenvalue weighted by atomic mass is 19.4. The summed E-state index contributed by atoms with van der Waals surface area (Å²) in [6, 6.07) is 3.42. The van der Waals surface area contributed by atoms with Gasteiger partial charge in [0.05, 0.1) is 12.3 Å². The van der Waals surface area contributed by atoms with Gasteiger partial charge in [0, 0.05) is 19.3 Å². The van der Waals surface area contributed by atoms with Gasteiger partial charge in [-0.15, -0.1) is 13.2 Å². The van der Waals surface area contributed by atoms with Crippen LogP contribution in [0.15, 0.2) is 24.5 Å². The summed E-state index contributed by atoms with van der Waals surface area (Å²) in [5.41, 5.74) is 0.840. The summed E-state index contributed by atoms with van der Waals surface area (Å²) in [4.78, 5) is 18.0. The molecule has 1 aliphatic rings. The first-order chi connectivity index (χ1) is 10.4. The molecule has 0 aromatic carbocycles. The van der Waals surface area contributed by atoms with E-state index < -0.39 is 12.5 Å². The topological polar surface area (TPSA) is 59.7 Å². The zero-order chi connectivity index (χ0) is 15.7. The molecule has 2 aromatic rings. The molecular formula is C13H13F3N4O2. The molecule has 118 valence electrons. The van der Waals surface area contributed by atoms with Gasteiger partial charge in [-0.2, -0.15) is 5.10 Å². The summed E-state index contributed by atoms with van der Waals surface area (Å²) < 4.78 is 41.9. The van der Waals surface area contributed by atoms with E-state index >= 15 is 0 Å². The molecule has 0 bridgehead atoms. The lowest BCUT2D eigenvalue weighted by molar-refractivity contribution is -0.345. The van der Waals surface area contributed by atoms with Gasteiger partial charge in [-0.1, -0.05) is 0 Å². The van der Waals surface area contributed by atoms with E-state index in [0.717, 1.165) is 0 Å². The van der Waals surface area contributed by atoms with Crippen LogP contribution < -0.4 is 0 Å². The minimum absolute atomic E-state index is 0.148. The van der Waals surface area contributed by atoms with Gasteiger partial charge < -0.3 is 4.90 Å². The van der Waals surface area contributed by atoms with Gasteiger partial charge in [0.15, 0.2) is 11.3 Å². The quantitative estimate of drug-likeness (QED) is 0.849. The number of carbonyl (C=O) groups is 1. The highest BCUT2D eigenvalue weighted by molar-refractivity contribution is 5.93. The first-order valence-corrected chi connectivity index (χ1v) is 6.76. The molecule has 3 heterocycles. The van der Waals surface area contributed by atoms with Crippen LogP contribution in [0.1, 0.15) is 23.3 Å². The van der Waals surface area contributed by atoms with E-state index in [0.29, 0.717) is 11.3 Å². The van der Waals surface area contributed by atoms with Crippen LogP contribution in [0.3, 0.4) is 0 Å². The number of alkyl halides is 3. The third-order valence-corrected chi connectivity index (χ3v) is 3.53. The van der Waals surface area contributed by atoms with E-state index in [1.54, 1.807) is 12.1 Å². The Balaban J connectivity index is 1.67. The van der Waals surface area contributed by atoms with Crippen LogP contribution in [0.5, 0.6) is 0 Å². The highest BCUT2D eigenvalue weighted by Gasteiger charge is 2.36. The van der Waals surface area contributed by atoms with Crippen LogP contribution in [0.2, 0.25) is 0 Å². The molecule has 0 saturated carbocycles. The van der Waals surface area contributed by atoms with Gasteiger partial charge in [-0.05, 0) is 25.0 Å². The van der Waals surface area contributed by atoms with Crippen molar-refractivity contribution in [2.75, 3.05) is 13.1 Å². The molecule has 3 rings (SSSR count). The van der Waals surface area contributed by atoms with E-state index in [1.807, 2.05) is 0 Å². The van der Waals surface area contributed by atoms with Crippen molar-refractivity contribution in [2.45, 2.75) is 25.3 Å². The maximum Gasteiger partial charge on any atom is 0.522 e. The van der Waals surface area contributed by atoms with E-state index in [-0.39, 0.29) is 31.8 Å². The maximum absolute atomic E-state index is 12.4. The van der Waals surface area contributed by atoms with Crippen LogP contribution in [0.4, 0.5) is 13.2 Å². The SMILES string of the molecule is O=C(c1cnc2cccnn12)N1CCC(OC(F)(F)F)CC1. The van der Waals surface area contributed by atoms with Crippen molar-refractivity contribution < 1.29 is 22.7 Å². The van der Waals surface area contributed by atoms with Gasteiger partial charge in [0.2, 0.25) is 0 Å². The Labute approximate surface area is 123 Å². The Morgan fingerprint density at radius 3 is 2.73 bits per heavy atom. The van der Waals surface area contributed by atoms with E-state index in [2.05, 4.69) is 14.8 Å². The van der Waals surface area contributed by atoms with Gasteiger partial charge in [-0.3, -0.25) is 9.53 Å². The number of rotatable bonds is 2. The average molecular weight is 314 g/mol. The monoisotopic (exact) mass is 314 g/mol. The number of imidazole rings is 1. The van der Waals surface area contributed by atoms with Gasteiger partial charge >= 0.3 is 6.36 Å². The molecule has 0 aliphatic carbocycles. The van der Waals surface area contributed by atoms with Crippen LogP contribution in [0.25, 0.3) is 5.65 Å². The molecule has 0 atom stereocenters. The van der Waals surface area contributed by atoms with Crippen molar-refractivity contribution in [1.29, 1.82) is 0 Å². The molecule has 0 radical (unpaired) electrons. The molecular weight excluding hydrogens is 301 g/mol. The Hall–Kier alpha value is -2.16. The zero-order valence-electron chi connectivity index (χ0n) is 11.5. The molecule has 1 saturated heterocycles. The highest BCUT2D eigenvalue weighted by Crippen LogP contribution is 2.25. The fourth-order valence-corrected chi connectivity index (χ4v) is 2.50. The number of piperidine rings is 1. The molecule has 6 nitrogen and oxygen atoms in total. The number of carbonyl (C=O) groups excluding carboxylic acids is 1. The number of aromatic nitrogens is 3. The summed E-state index contributed by atoms with van der Waals surface area (Å²) >= 11 is 0. The molecule has 1 amide bonds. The van der Waals surface area contributed by atoms with E-state index in [1.165, 1.54) is 21.8 Å². The van der Waals surface area contributed by atoms with Crippen LogP contribution in [-0.4, -0.2) is 51.0 Å². The third-order valence-electron chi connectivity index (χ3n) is 3.53. The molecule has 2 aromatic heterocycles. The van der Waals surface area contributed by atoms with Crippen molar-refractivity contribution in [1.82, 2.24) is 19.5 Å². The van der Waals surface area contributed by atoms with Crippen LogP contribution >= 0.6 is 0 Å². The predicted molar refractivity (Wildman–Crippen MR) is 69.1 cm³/mol. The molecule has 22 heavy (non-hydrogen) atoms. The Morgan fingerprint density at radius 1 is 1.32 bits per heavy atom. The standard InChI is InChI=1S/C13H13F3N4O2/c14-13(15,16)22-9-3-6-19(7-4-9)12(21)10-8-17-11-2-1-5-18-20(10)11/h1-2,5,8-9H,3-4,6-7H2. The molecule has 1 aliphatic heterocycles. The lowest BCUT2D eigenvalue weighted by atomic mass is 10.1. The van der Waals surface area contributed by atoms with Crippen molar-refractivity contribution >= 4 is 11.6 Å². The normalized spacial score (nSPS) is 17.1. The minimum atomic E-state index is -4.64. The zero-order valence-corrected chi connectivity index (χ0v) is 11.5. The average Bonchev–Trinajstić information content (AvgIpc) is 2.89. The second-order valence-corrected chi connectivity index (χ2v) is 4.99. The lowest BCUT2D eigenvalue weighted by Gasteiger charge is -2.31. The number of fused-ring (bicyclic) bond motifs is 1. The second-order valence-electron chi connectivity index (χ2n) is 4.99. The van der Waals surface area contributed by atoms with Crippen LogP contribution in [-0.2, 0) is 4.74 Å². The summed E-state index contributed by atoms with van der Waals surface area (Å²) in [6.45, 7) is 0.416. The van der Waals surface area contributed by atoms with Crippen molar-refractivity contribution in [3.63, 3.8) is 0 Å². The first-order valence-electron chi connectivity index (χ1n) is 6.76. The number of hydrogen-bond acceptors (Lipinski definition) is 4. The smallest absolute Gasteiger partial charge is 0.337 e. The van der Waals surface area contributed by atoms with Crippen molar-refractivity contribution in [3.8, 4) is 0 Å². The van der Waals surface area contributed by atoms with Crippen molar-refractivity contribution in [3.05, 3.63) is 30.2 Å². The maximum atomic E-state index is 12.4. The van der Waals surface area contributed by atoms with E-state index in [9.17, 15) is 18.0 Å². The summed E-state index contributed by atoms with van der Waals surface area (Å²) in [5, 5.41) is 4.05.